The predicted octanol–water partition coefficient (Wildman–Crippen LogP) is 4.27. The van der Waals surface area contributed by atoms with Crippen LogP contribution in [-0.2, 0) is 6.42 Å². The van der Waals surface area contributed by atoms with Crippen molar-refractivity contribution in [2.24, 2.45) is 0 Å². The van der Waals surface area contributed by atoms with Crippen LogP contribution in [0.25, 0.3) is 21.8 Å². The van der Waals surface area contributed by atoms with Crippen molar-refractivity contribution < 1.29 is 0 Å². The number of hydrogen-bond donors (Lipinski definition) is 0. The second-order valence-electron chi connectivity index (χ2n) is 4.13. The van der Waals surface area contributed by atoms with E-state index in [0.29, 0.717) is 0 Å². The highest BCUT2D eigenvalue weighted by Crippen LogP contribution is 2.26. The van der Waals surface area contributed by atoms with Crippen LogP contribution < -0.4 is 0 Å². The highest BCUT2D eigenvalue weighted by molar-refractivity contribution is 9.10. The minimum atomic E-state index is 0.832. The van der Waals surface area contributed by atoms with E-state index in [1.54, 1.807) is 0 Å². The van der Waals surface area contributed by atoms with Gasteiger partial charge in [0.1, 0.15) is 4.60 Å². The van der Waals surface area contributed by atoms with Crippen molar-refractivity contribution in [3.8, 4) is 0 Å². The van der Waals surface area contributed by atoms with Gasteiger partial charge in [0.05, 0.1) is 11.0 Å². The molecule has 2 aromatic heterocycles. The van der Waals surface area contributed by atoms with E-state index in [-0.39, 0.29) is 0 Å². The van der Waals surface area contributed by atoms with Crippen LogP contribution in [0.4, 0.5) is 0 Å². The molecule has 2 heterocycles. The molecule has 0 saturated heterocycles. The summed E-state index contributed by atoms with van der Waals surface area (Å²) in [4.78, 5) is 9.01. The SMILES string of the molecule is C=CCc1ccnc2c1ccc1ccc(Br)nc12. The summed E-state index contributed by atoms with van der Waals surface area (Å²) >= 11 is 3.41. The summed E-state index contributed by atoms with van der Waals surface area (Å²) in [5.41, 5.74) is 3.12. The number of fused-ring (bicyclic) bond motifs is 3. The Morgan fingerprint density at radius 3 is 2.78 bits per heavy atom. The molecule has 3 rings (SSSR count). The van der Waals surface area contributed by atoms with Gasteiger partial charge in [-0.15, -0.1) is 6.58 Å². The van der Waals surface area contributed by atoms with Crippen molar-refractivity contribution in [1.29, 1.82) is 0 Å². The molecule has 0 radical (unpaired) electrons. The first-order chi connectivity index (χ1) is 8.79. The number of hydrogen-bond acceptors (Lipinski definition) is 2. The lowest BCUT2D eigenvalue weighted by Crippen LogP contribution is -1.90. The summed E-state index contributed by atoms with van der Waals surface area (Å²) in [6, 6.07) is 10.2. The second-order valence-corrected chi connectivity index (χ2v) is 4.94. The molecule has 2 nitrogen and oxygen atoms in total. The largest absolute Gasteiger partial charge is 0.254 e. The van der Waals surface area contributed by atoms with Crippen molar-refractivity contribution in [2.75, 3.05) is 0 Å². The zero-order valence-corrected chi connectivity index (χ0v) is 11.3. The highest BCUT2D eigenvalue weighted by Gasteiger charge is 2.06. The van der Waals surface area contributed by atoms with Crippen LogP contribution in [-0.4, -0.2) is 9.97 Å². The van der Waals surface area contributed by atoms with Crippen LogP contribution in [0.15, 0.2) is 53.8 Å². The van der Waals surface area contributed by atoms with E-state index < -0.39 is 0 Å². The van der Waals surface area contributed by atoms with Gasteiger partial charge < -0.3 is 0 Å². The van der Waals surface area contributed by atoms with Crippen LogP contribution in [0.1, 0.15) is 5.56 Å². The van der Waals surface area contributed by atoms with Gasteiger partial charge in [0.15, 0.2) is 0 Å². The third kappa shape index (κ3) is 1.81. The first-order valence-corrected chi connectivity index (χ1v) is 6.52. The maximum atomic E-state index is 4.53. The summed E-state index contributed by atoms with van der Waals surface area (Å²) in [6.45, 7) is 3.80. The zero-order valence-electron chi connectivity index (χ0n) is 9.73. The maximum absolute atomic E-state index is 4.53. The number of halogens is 1. The molecule has 0 fully saturated rings. The Morgan fingerprint density at radius 1 is 1.11 bits per heavy atom. The Hall–Kier alpha value is -1.74. The van der Waals surface area contributed by atoms with E-state index in [0.717, 1.165) is 32.8 Å². The summed E-state index contributed by atoms with van der Waals surface area (Å²) in [7, 11) is 0. The Kier molecular flexibility index (Phi) is 2.84. The normalized spacial score (nSPS) is 10.9. The molecule has 88 valence electrons. The van der Waals surface area contributed by atoms with Gasteiger partial charge in [-0.2, -0.15) is 0 Å². The monoisotopic (exact) mass is 298 g/mol. The lowest BCUT2D eigenvalue weighted by Gasteiger charge is -2.06. The van der Waals surface area contributed by atoms with E-state index in [1.807, 2.05) is 30.5 Å². The van der Waals surface area contributed by atoms with Crippen molar-refractivity contribution in [3.05, 3.63) is 59.4 Å². The summed E-state index contributed by atoms with van der Waals surface area (Å²) in [5, 5.41) is 2.25. The fourth-order valence-electron chi connectivity index (χ4n) is 2.16. The van der Waals surface area contributed by atoms with Gasteiger partial charge in [-0.3, -0.25) is 4.98 Å². The lowest BCUT2D eigenvalue weighted by molar-refractivity contribution is 1.27. The molecule has 1 aromatic carbocycles. The van der Waals surface area contributed by atoms with Gasteiger partial charge in [0.25, 0.3) is 0 Å². The third-order valence-electron chi connectivity index (χ3n) is 2.99. The predicted molar refractivity (Wildman–Crippen MR) is 78.6 cm³/mol. The van der Waals surface area contributed by atoms with Crippen LogP contribution in [0.2, 0.25) is 0 Å². The Balaban J connectivity index is 2.43. The van der Waals surface area contributed by atoms with Crippen LogP contribution in [0.3, 0.4) is 0 Å². The minimum absolute atomic E-state index is 0.832. The average molecular weight is 299 g/mol. The van der Waals surface area contributed by atoms with Gasteiger partial charge in [0.2, 0.25) is 0 Å². The molecule has 0 atom stereocenters. The van der Waals surface area contributed by atoms with Crippen LogP contribution in [0.5, 0.6) is 0 Å². The van der Waals surface area contributed by atoms with Gasteiger partial charge in [0, 0.05) is 17.0 Å². The molecular formula is C15H11BrN2. The summed E-state index contributed by atoms with van der Waals surface area (Å²) in [6.07, 6.45) is 4.59. The molecule has 0 saturated carbocycles. The van der Waals surface area contributed by atoms with E-state index >= 15 is 0 Å². The van der Waals surface area contributed by atoms with Gasteiger partial charge in [-0.05, 0) is 40.0 Å². The Morgan fingerprint density at radius 2 is 1.94 bits per heavy atom. The number of benzene rings is 1. The lowest BCUT2D eigenvalue weighted by atomic mass is 10.0. The molecule has 18 heavy (non-hydrogen) atoms. The molecule has 0 spiro atoms. The summed E-state index contributed by atoms with van der Waals surface area (Å²) in [5.74, 6) is 0. The fourth-order valence-corrected chi connectivity index (χ4v) is 2.47. The van der Waals surface area contributed by atoms with E-state index in [9.17, 15) is 0 Å². The molecule has 3 aromatic rings. The van der Waals surface area contributed by atoms with Crippen molar-refractivity contribution in [3.63, 3.8) is 0 Å². The quantitative estimate of drug-likeness (QED) is 0.401. The number of allylic oxidation sites excluding steroid dienone is 1. The first-order valence-electron chi connectivity index (χ1n) is 5.73. The number of aromatic nitrogens is 2. The molecule has 3 heteroatoms. The molecule has 0 bridgehead atoms. The number of nitrogens with zero attached hydrogens (tertiary/aromatic N) is 2. The van der Waals surface area contributed by atoms with E-state index in [2.05, 4.69) is 44.6 Å². The molecular weight excluding hydrogens is 288 g/mol. The molecule has 0 aliphatic rings. The van der Waals surface area contributed by atoms with E-state index in [1.165, 1.54) is 5.56 Å². The van der Waals surface area contributed by atoms with Crippen molar-refractivity contribution >= 4 is 37.7 Å². The Labute approximate surface area is 114 Å². The molecule has 0 unspecified atom stereocenters. The van der Waals surface area contributed by atoms with Crippen molar-refractivity contribution in [1.82, 2.24) is 9.97 Å². The van der Waals surface area contributed by atoms with E-state index in [4.69, 9.17) is 0 Å². The standard InChI is InChI=1S/C15H11BrN2/c1-2-3-10-8-9-17-15-12(10)6-4-11-5-7-13(16)18-14(11)15/h2,4-9H,1,3H2. The first kappa shape index (κ1) is 11.4. The zero-order chi connectivity index (χ0) is 12.5. The van der Waals surface area contributed by atoms with Crippen LogP contribution in [0, 0.1) is 0 Å². The Bertz CT molecular complexity index is 750. The molecule has 0 aliphatic heterocycles. The molecule has 0 aliphatic carbocycles. The highest BCUT2D eigenvalue weighted by atomic mass is 79.9. The van der Waals surface area contributed by atoms with Gasteiger partial charge >= 0.3 is 0 Å². The number of rotatable bonds is 2. The van der Waals surface area contributed by atoms with Crippen molar-refractivity contribution in [2.45, 2.75) is 6.42 Å². The number of pyridine rings is 2. The second kappa shape index (κ2) is 4.50. The molecule has 0 amide bonds. The minimum Gasteiger partial charge on any atom is -0.254 e. The summed E-state index contributed by atoms with van der Waals surface area (Å²) < 4.78 is 0.832. The van der Waals surface area contributed by atoms with Crippen LogP contribution >= 0.6 is 15.9 Å². The van der Waals surface area contributed by atoms with Gasteiger partial charge in [-0.1, -0.05) is 24.3 Å². The third-order valence-corrected chi connectivity index (χ3v) is 3.43. The maximum Gasteiger partial charge on any atom is 0.106 e. The average Bonchev–Trinajstić information content (AvgIpc) is 2.39. The van der Waals surface area contributed by atoms with Gasteiger partial charge in [-0.25, -0.2) is 4.98 Å². The topological polar surface area (TPSA) is 25.8 Å². The smallest absolute Gasteiger partial charge is 0.106 e. The molecule has 0 N–H and O–H groups in total. The fraction of sp³-hybridized carbons (Fsp3) is 0.0667.